The Morgan fingerprint density at radius 1 is 0.778 bits per heavy atom. The first-order valence-electron chi connectivity index (χ1n) is 8.06. The normalized spacial score (nSPS) is 11.2. The summed E-state index contributed by atoms with van der Waals surface area (Å²) in [6.07, 6.45) is 21.0. The van der Waals surface area contributed by atoms with Gasteiger partial charge < -0.3 is 0 Å². The highest BCUT2D eigenvalue weighted by Gasteiger charge is 1.91. The zero-order valence-electron chi connectivity index (χ0n) is 12.8. The summed E-state index contributed by atoms with van der Waals surface area (Å²) in [5.41, 5.74) is 1.33. The summed E-state index contributed by atoms with van der Waals surface area (Å²) in [5, 5.41) is 0. The van der Waals surface area contributed by atoms with Crippen LogP contribution in [0.4, 0.5) is 0 Å². The lowest BCUT2D eigenvalue weighted by Gasteiger charge is -2.00. The average molecular weight is 250 g/mol. The van der Waals surface area contributed by atoms with Gasteiger partial charge >= 0.3 is 0 Å². The molecule has 0 unspecified atom stereocenters. The highest BCUT2D eigenvalue weighted by atomic mass is 14.0. The van der Waals surface area contributed by atoms with Gasteiger partial charge in [0.15, 0.2) is 0 Å². The zero-order chi connectivity index (χ0) is 13.5. The predicted molar refractivity (Wildman–Crippen MR) is 85.0 cm³/mol. The second-order valence-corrected chi connectivity index (χ2v) is 5.58. The number of hydrogen-bond donors (Lipinski definition) is 0. The van der Waals surface area contributed by atoms with Crippen molar-refractivity contribution in [2.75, 3.05) is 0 Å². The third-order valence-corrected chi connectivity index (χ3v) is 3.37. The lowest BCUT2D eigenvalue weighted by Crippen LogP contribution is -1.80. The van der Waals surface area contributed by atoms with Gasteiger partial charge in [-0.25, -0.2) is 0 Å². The van der Waals surface area contributed by atoms with E-state index in [-0.39, 0.29) is 0 Å². The first-order valence-corrected chi connectivity index (χ1v) is 8.06. The van der Waals surface area contributed by atoms with Crippen LogP contribution >= 0.6 is 0 Å². The molecule has 0 atom stereocenters. The standard InChI is InChI=1S/C18H34/c1-4-5-6-7-8-9-10-11-12-13-14-15-16-17-18(2)3/h9-10H,2,4-8,11-17H2,1,3H3/b10-9-. The number of allylic oxidation sites excluding steroid dienone is 3. The van der Waals surface area contributed by atoms with Crippen molar-refractivity contribution >= 4 is 0 Å². The van der Waals surface area contributed by atoms with Crippen molar-refractivity contribution in [3.05, 3.63) is 24.3 Å². The smallest absolute Gasteiger partial charge is 0.0326 e. The Labute approximate surface area is 116 Å². The minimum Gasteiger partial charge on any atom is -0.100 e. The van der Waals surface area contributed by atoms with Crippen LogP contribution < -0.4 is 0 Å². The summed E-state index contributed by atoms with van der Waals surface area (Å²) in [4.78, 5) is 0. The van der Waals surface area contributed by atoms with E-state index in [1.54, 1.807) is 0 Å². The first-order chi connectivity index (χ1) is 8.77. The van der Waals surface area contributed by atoms with Gasteiger partial charge in [-0.15, -0.1) is 6.58 Å². The molecular weight excluding hydrogens is 216 g/mol. The Balaban J connectivity index is 3.06. The van der Waals surface area contributed by atoms with Crippen molar-refractivity contribution in [3.63, 3.8) is 0 Å². The van der Waals surface area contributed by atoms with Crippen molar-refractivity contribution in [2.24, 2.45) is 0 Å². The van der Waals surface area contributed by atoms with Crippen LogP contribution in [0.1, 0.15) is 90.9 Å². The van der Waals surface area contributed by atoms with Gasteiger partial charge in [-0.3, -0.25) is 0 Å². The van der Waals surface area contributed by atoms with Crippen LogP contribution in [-0.2, 0) is 0 Å². The highest BCUT2D eigenvalue weighted by Crippen LogP contribution is 2.10. The molecule has 18 heavy (non-hydrogen) atoms. The molecule has 0 rings (SSSR count). The molecule has 0 nitrogen and oxygen atoms in total. The van der Waals surface area contributed by atoms with Gasteiger partial charge in [0.2, 0.25) is 0 Å². The Bertz CT molecular complexity index is 200. The fourth-order valence-electron chi connectivity index (χ4n) is 2.14. The zero-order valence-corrected chi connectivity index (χ0v) is 12.8. The summed E-state index contributed by atoms with van der Waals surface area (Å²) >= 11 is 0. The quantitative estimate of drug-likeness (QED) is 0.248. The van der Waals surface area contributed by atoms with Crippen molar-refractivity contribution in [1.29, 1.82) is 0 Å². The van der Waals surface area contributed by atoms with E-state index in [1.165, 1.54) is 82.6 Å². The Hall–Kier alpha value is -0.520. The maximum Gasteiger partial charge on any atom is -0.0326 e. The molecule has 0 aromatic carbocycles. The summed E-state index contributed by atoms with van der Waals surface area (Å²) in [6.45, 7) is 8.34. The molecule has 0 aromatic heterocycles. The van der Waals surface area contributed by atoms with Crippen molar-refractivity contribution in [3.8, 4) is 0 Å². The van der Waals surface area contributed by atoms with Gasteiger partial charge in [0.1, 0.15) is 0 Å². The molecular formula is C18H34. The fraction of sp³-hybridized carbons (Fsp3) is 0.778. The Morgan fingerprint density at radius 3 is 1.83 bits per heavy atom. The molecule has 0 aliphatic carbocycles. The molecule has 0 aromatic rings. The SMILES string of the molecule is C=C(C)CCCCCCC/C=C\CCCCCC. The fourth-order valence-corrected chi connectivity index (χ4v) is 2.14. The molecule has 0 aliphatic rings. The van der Waals surface area contributed by atoms with E-state index in [1.807, 2.05) is 0 Å². The third-order valence-electron chi connectivity index (χ3n) is 3.37. The summed E-state index contributed by atoms with van der Waals surface area (Å²) < 4.78 is 0. The number of hydrogen-bond acceptors (Lipinski definition) is 0. The molecule has 0 aliphatic heterocycles. The molecule has 0 saturated carbocycles. The van der Waals surface area contributed by atoms with Crippen LogP contribution in [0, 0.1) is 0 Å². The van der Waals surface area contributed by atoms with E-state index < -0.39 is 0 Å². The van der Waals surface area contributed by atoms with Gasteiger partial charge in [0.05, 0.1) is 0 Å². The van der Waals surface area contributed by atoms with E-state index in [0.717, 1.165) is 0 Å². The van der Waals surface area contributed by atoms with Crippen LogP contribution in [0.3, 0.4) is 0 Å². The molecule has 106 valence electrons. The highest BCUT2D eigenvalue weighted by molar-refractivity contribution is 4.87. The molecule has 0 saturated heterocycles. The lowest BCUT2D eigenvalue weighted by molar-refractivity contribution is 0.616. The second-order valence-electron chi connectivity index (χ2n) is 5.58. The van der Waals surface area contributed by atoms with E-state index in [4.69, 9.17) is 0 Å². The average Bonchev–Trinajstić information content (AvgIpc) is 2.34. The van der Waals surface area contributed by atoms with Crippen LogP contribution in [0.5, 0.6) is 0 Å². The van der Waals surface area contributed by atoms with E-state index in [9.17, 15) is 0 Å². The molecule has 0 spiro atoms. The molecule has 0 heterocycles. The topological polar surface area (TPSA) is 0 Å². The first kappa shape index (κ1) is 17.5. The molecule has 0 radical (unpaired) electrons. The minimum absolute atomic E-state index is 1.22. The second kappa shape index (κ2) is 14.5. The van der Waals surface area contributed by atoms with Crippen molar-refractivity contribution in [2.45, 2.75) is 90.9 Å². The maximum absolute atomic E-state index is 3.94. The van der Waals surface area contributed by atoms with Gasteiger partial charge in [-0.2, -0.15) is 0 Å². The Morgan fingerprint density at radius 2 is 1.28 bits per heavy atom. The lowest BCUT2D eigenvalue weighted by atomic mass is 10.1. The van der Waals surface area contributed by atoms with Gasteiger partial charge in [-0.1, -0.05) is 63.2 Å². The largest absolute Gasteiger partial charge is 0.100 e. The van der Waals surface area contributed by atoms with Crippen LogP contribution in [0.15, 0.2) is 24.3 Å². The molecule has 0 amide bonds. The van der Waals surface area contributed by atoms with Gasteiger partial charge in [0, 0.05) is 0 Å². The van der Waals surface area contributed by atoms with Crippen LogP contribution in [-0.4, -0.2) is 0 Å². The summed E-state index contributed by atoms with van der Waals surface area (Å²) in [7, 11) is 0. The molecule has 0 N–H and O–H groups in total. The number of unbranched alkanes of at least 4 members (excludes halogenated alkanes) is 9. The maximum atomic E-state index is 3.94. The monoisotopic (exact) mass is 250 g/mol. The third kappa shape index (κ3) is 15.5. The molecule has 0 fully saturated rings. The number of rotatable bonds is 13. The van der Waals surface area contributed by atoms with Crippen LogP contribution in [0.2, 0.25) is 0 Å². The summed E-state index contributed by atoms with van der Waals surface area (Å²) in [6, 6.07) is 0. The van der Waals surface area contributed by atoms with Crippen molar-refractivity contribution in [1.82, 2.24) is 0 Å². The minimum atomic E-state index is 1.22. The molecule has 0 heteroatoms. The van der Waals surface area contributed by atoms with Crippen LogP contribution in [0.25, 0.3) is 0 Å². The van der Waals surface area contributed by atoms with Gasteiger partial charge in [-0.05, 0) is 45.4 Å². The summed E-state index contributed by atoms with van der Waals surface area (Å²) in [5.74, 6) is 0. The van der Waals surface area contributed by atoms with Gasteiger partial charge in [0.25, 0.3) is 0 Å². The van der Waals surface area contributed by atoms with Crippen molar-refractivity contribution < 1.29 is 0 Å². The van der Waals surface area contributed by atoms with E-state index in [2.05, 4.69) is 32.6 Å². The van der Waals surface area contributed by atoms with E-state index >= 15 is 0 Å². The molecule has 0 bridgehead atoms. The van der Waals surface area contributed by atoms with E-state index in [0.29, 0.717) is 0 Å². The Kier molecular flexibility index (Phi) is 14.1. The predicted octanol–water partition coefficient (Wildman–Crippen LogP) is 6.82.